The maximum absolute atomic E-state index is 12.6. The molecule has 1 amide bonds. The van der Waals surface area contributed by atoms with Crippen LogP contribution in [0.5, 0.6) is 0 Å². The number of rotatable bonds is 4. The number of carbonyl (C=O) groups excluding carboxylic acids is 1. The Bertz CT molecular complexity index is 1140. The predicted octanol–water partition coefficient (Wildman–Crippen LogP) is 5.38. The fourth-order valence-electron chi connectivity index (χ4n) is 3.57. The molecule has 0 radical (unpaired) electrons. The van der Waals surface area contributed by atoms with Gasteiger partial charge < -0.3 is 9.62 Å². The van der Waals surface area contributed by atoms with E-state index in [0.717, 1.165) is 34.3 Å². The Balaban J connectivity index is 1.21. The summed E-state index contributed by atoms with van der Waals surface area (Å²) in [6.07, 6.45) is 2.75. The average Bonchev–Trinajstić information content (AvgIpc) is 3.42. The molecule has 0 bridgehead atoms. The number of aliphatic imine (C=N–C) groups is 1. The Hall–Kier alpha value is -2.48. The summed E-state index contributed by atoms with van der Waals surface area (Å²) in [6, 6.07) is 19.5. The van der Waals surface area contributed by atoms with Gasteiger partial charge in [0, 0.05) is 34.0 Å². The first kappa shape index (κ1) is 20.4. The smallest absolute Gasteiger partial charge is 0.257 e. The average molecular weight is 467 g/mol. The third-order valence-electron chi connectivity index (χ3n) is 5.13. The van der Waals surface area contributed by atoms with Crippen LogP contribution < -0.4 is 9.62 Å². The van der Waals surface area contributed by atoms with E-state index in [2.05, 4.69) is 25.7 Å². The molecular formula is C23H19ClN4OS2. The highest BCUT2D eigenvalue weighted by atomic mass is 35.5. The molecule has 5 rings (SSSR count). The van der Waals surface area contributed by atoms with E-state index in [-0.39, 0.29) is 11.9 Å². The largest absolute Gasteiger partial charge is 0.312 e. The third kappa shape index (κ3) is 4.59. The van der Waals surface area contributed by atoms with Crippen LogP contribution >= 0.6 is 35.3 Å². The number of carbonyl (C=O) groups is 1. The molecule has 0 aliphatic carbocycles. The van der Waals surface area contributed by atoms with Crippen LogP contribution in [-0.4, -0.2) is 28.4 Å². The van der Waals surface area contributed by atoms with Gasteiger partial charge in [-0.15, -0.1) is 0 Å². The van der Waals surface area contributed by atoms with Gasteiger partial charge in [-0.25, -0.2) is 0 Å². The number of nitrogens with zero attached hydrogens (tertiary/aromatic N) is 3. The van der Waals surface area contributed by atoms with Gasteiger partial charge in [-0.05, 0) is 78.5 Å². The lowest BCUT2D eigenvalue weighted by Crippen LogP contribution is -2.27. The van der Waals surface area contributed by atoms with Crippen LogP contribution in [-0.2, 0) is 6.42 Å². The monoisotopic (exact) mass is 466 g/mol. The molecule has 8 heteroatoms. The van der Waals surface area contributed by atoms with Gasteiger partial charge in [0.2, 0.25) is 0 Å². The first-order chi connectivity index (χ1) is 15.2. The molecule has 5 nitrogen and oxygen atoms in total. The van der Waals surface area contributed by atoms with Crippen LogP contribution in [0.15, 0.2) is 76.7 Å². The van der Waals surface area contributed by atoms with Crippen molar-refractivity contribution in [3.05, 3.63) is 88.7 Å². The number of hydrogen-bond donors (Lipinski definition) is 1. The number of hydrogen-bond acceptors (Lipinski definition) is 6. The summed E-state index contributed by atoms with van der Waals surface area (Å²) >= 11 is 9.32. The van der Waals surface area contributed by atoms with Crippen molar-refractivity contribution in [3.8, 4) is 0 Å². The quantitative estimate of drug-likeness (QED) is 0.523. The standard InChI is InChI=1S/C23H19ClN4OS2/c24-17-6-9-21-16(13-17)10-12-28(21)31-18-7-4-15(5-8-18)22(29)27-23-26-20(14-30-23)19-3-1-2-11-25-19/h1-9,11,13,20H,10,12,14H2,(H,26,27,29). The van der Waals surface area contributed by atoms with Crippen molar-refractivity contribution in [2.75, 3.05) is 16.6 Å². The molecule has 0 fully saturated rings. The van der Waals surface area contributed by atoms with Crippen molar-refractivity contribution in [1.29, 1.82) is 0 Å². The first-order valence-corrected chi connectivity index (χ1v) is 12.1. The number of thioether (sulfide) groups is 1. The van der Waals surface area contributed by atoms with Gasteiger partial charge in [-0.3, -0.25) is 14.8 Å². The first-order valence-electron chi connectivity index (χ1n) is 9.92. The summed E-state index contributed by atoms with van der Waals surface area (Å²) in [5.41, 5.74) is 4.01. The zero-order valence-corrected chi connectivity index (χ0v) is 18.9. The minimum atomic E-state index is -0.148. The Labute approximate surface area is 194 Å². The Morgan fingerprint density at radius 1 is 1.16 bits per heavy atom. The second-order valence-electron chi connectivity index (χ2n) is 7.21. The van der Waals surface area contributed by atoms with Gasteiger partial charge in [0.1, 0.15) is 6.04 Å². The molecule has 2 aliphatic heterocycles. The molecule has 2 aromatic carbocycles. The van der Waals surface area contributed by atoms with Crippen molar-refractivity contribution >= 4 is 52.1 Å². The number of halogens is 1. The van der Waals surface area contributed by atoms with Crippen molar-refractivity contribution in [2.24, 2.45) is 4.99 Å². The van der Waals surface area contributed by atoms with Gasteiger partial charge in [0.15, 0.2) is 5.17 Å². The van der Waals surface area contributed by atoms with E-state index < -0.39 is 0 Å². The molecule has 3 heterocycles. The van der Waals surface area contributed by atoms with Crippen LogP contribution in [0.4, 0.5) is 5.69 Å². The highest BCUT2D eigenvalue weighted by Gasteiger charge is 2.23. The minimum Gasteiger partial charge on any atom is -0.312 e. The van der Waals surface area contributed by atoms with E-state index in [1.807, 2.05) is 54.6 Å². The van der Waals surface area contributed by atoms with Crippen LogP contribution in [0, 0.1) is 0 Å². The van der Waals surface area contributed by atoms with E-state index in [9.17, 15) is 4.79 Å². The Morgan fingerprint density at radius 2 is 2.03 bits per heavy atom. The normalized spacial score (nSPS) is 17.4. The van der Waals surface area contributed by atoms with Gasteiger partial charge in [-0.1, -0.05) is 29.4 Å². The molecule has 2 aliphatic rings. The minimum absolute atomic E-state index is 0.0153. The number of fused-ring (bicyclic) bond motifs is 1. The van der Waals surface area contributed by atoms with E-state index in [1.54, 1.807) is 29.9 Å². The molecule has 3 aromatic rings. The summed E-state index contributed by atoms with van der Waals surface area (Å²) < 4.78 is 2.27. The van der Waals surface area contributed by atoms with E-state index >= 15 is 0 Å². The second-order valence-corrected chi connectivity index (χ2v) is 9.75. The molecular weight excluding hydrogens is 448 g/mol. The number of amides is 1. The lowest BCUT2D eigenvalue weighted by atomic mass is 10.2. The van der Waals surface area contributed by atoms with Crippen LogP contribution in [0.3, 0.4) is 0 Å². The Morgan fingerprint density at radius 3 is 2.84 bits per heavy atom. The number of aromatic nitrogens is 1. The van der Waals surface area contributed by atoms with Gasteiger partial charge >= 0.3 is 0 Å². The molecule has 0 spiro atoms. The number of amidine groups is 1. The second kappa shape index (κ2) is 8.94. The summed E-state index contributed by atoms with van der Waals surface area (Å²) in [7, 11) is 0. The van der Waals surface area contributed by atoms with Crippen LogP contribution in [0.25, 0.3) is 0 Å². The van der Waals surface area contributed by atoms with Crippen molar-refractivity contribution in [2.45, 2.75) is 17.4 Å². The maximum Gasteiger partial charge on any atom is 0.257 e. The molecule has 31 heavy (non-hydrogen) atoms. The molecule has 1 atom stereocenters. The van der Waals surface area contributed by atoms with Crippen LogP contribution in [0.1, 0.15) is 27.7 Å². The van der Waals surface area contributed by atoms with Crippen LogP contribution in [0.2, 0.25) is 5.02 Å². The maximum atomic E-state index is 12.6. The highest BCUT2D eigenvalue weighted by molar-refractivity contribution is 8.14. The zero-order valence-electron chi connectivity index (χ0n) is 16.5. The lowest BCUT2D eigenvalue weighted by Gasteiger charge is -2.18. The molecule has 0 saturated carbocycles. The molecule has 1 N–H and O–H groups in total. The predicted molar refractivity (Wildman–Crippen MR) is 129 cm³/mol. The SMILES string of the molecule is O=C(NC1=NC(c2ccccn2)CS1)c1ccc(SN2CCc3cc(Cl)ccc32)cc1. The van der Waals surface area contributed by atoms with Gasteiger partial charge in [-0.2, -0.15) is 0 Å². The van der Waals surface area contributed by atoms with Crippen molar-refractivity contribution in [1.82, 2.24) is 10.3 Å². The van der Waals surface area contributed by atoms with Crippen molar-refractivity contribution in [3.63, 3.8) is 0 Å². The number of pyridine rings is 1. The number of anilines is 1. The molecule has 1 aromatic heterocycles. The van der Waals surface area contributed by atoms with E-state index in [4.69, 9.17) is 11.6 Å². The van der Waals surface area contributed by atoms with Gasteiger partial charge in [0.25, 0.3) is 5.91 Å². The molecule has 156 valence electrons. The molecule has 1 unspecified atom stereocenters. The number of nitrogens with one attached hydrogen (secondary N) is 1. The summed E-state index contributed by atoms with van der Waals surface area (Å²) in [5.74, 6) is 0.635. The zero-order chi connectivity index (χ0) is 21.2. The summed E-state index contributed by atoms with van der Waals surface area (Å²) in [5, 5.41) is 4.34. The lowest BCUT2D eigenvalue weighted by molar-refractivity contribution is 0.0978. The van der Waals surface area contributed by atoms with Gasteiger partial charge in [0.05, 0.1) is 11.4 Å². The highest BCUT2D eigenvalue weighted by Crippen LogP contribution is 2.37. The van der Waals surface area contributed by atoms with E-state index in [1.165, 1.54) is 11.3 Å². The van der Waals surface area contributed by atoms with E-state index in [0.29, 0.717) is 10.7 Å². The topological polar surface area (TPSA) is 57.6 Å². The summed E-state index contributed by atoms with van der Waals surface area (Å²) in [4.78, 5) is 22.7. The Kier molecular flexibility index (Phi) is 5.89. The summed E-state index contributed by atoms with van der Waals surface area (Å²) in [6.45, 7) is 0.942. The fraction of sp³-hybridized carbons (Fsp3) is 0.174. The number of benzene rings is 2. The van der Waals surface area contributed by atoms with Crippen molar-refractivity contribution < 1.29 is 4.79 Å². The molecule has 0 saturated heterocycles. The fourth-order valence-corrected chi connectivity index (χ4v) is 5.66. The third-order valence-corrected chi connectivity index (χ3v) is 7.41.